The first-order chi connectivity index (χ1) is 8.65. The molecule has 0 aromatic carbocycles. The molecule has 0 aromatic rings. The van der Waals surface area contributed by atoms with Crippen molar-refractivity contribution in [2.45, 2.75) is 44.3 Å². The van der Waals surface area contributed by atoms with Crippen LogP contribution in [0.25, 0.3) is 0 Å². The predicted molar refractivity (Wildman–Crippen MR) is 61.4 cm³/mol. The molecule has 0 radical (unpaired) electrons. The van der Waals surface area contributed by atoms with Crippen molar-refractivity contribution in [2.75, 3.05) is 6.61 Å². The number of hydrogen-bond acceptors (Lipinski definition) is 6. The Morgan fingerprint density at radius 3 is 2.56 bits per heavy atom. The Bertz CT molecular complexity index is 389. The standard InChI is InChI=1S/C11H15N3O4/c1-2-18-10(17)14-11(13-8-16)5-3-9(4-6-11)12-7-15/h9H,2-6H2,1H3,(H,14,17). The minimum atomic E-state index is -0.983. The Kier molecular flexibility index (Phi) is 5.24. The number of carbonyl (C=O) groups excluding carboxylic acids is 3. The summed E-state index contributed by atoms with van der Waals surface area (Å²) in [5.41, 5.74) is -0.983. The van der Waals surface area contributed by atoms with E-state index in [9.17, 15) is 14.4 Å². The minimum absolute atomic E-state index is 0.124. The first-order valence-corrected chi connectivity index (χ1v) is 5.76. The molecule has 0 bridgehead atoms. The SMILES string of the molecule is CCOC(=O)NC1(N=C=O)CCC(N=C=O)CC1. The van der Waals surface area contributed by atoms with Gasteiger partial charge in [-0.05, 0) is 32.6 Å². The van der Waals surface area contributed by atoms with Gasteiger partial charge in [0.05, 0.1) is 12.6 Å². The van der Waals surface area contributed by atoms with Crippen molar-refractivity contribution in [1.82, 2.24) is 5.32 Å². The second-order valence-electron chi connectivity index (χ2n) is 4.03. The highest BCUT2D eigenvalue weighted by Gasteiger charge is 2.37. The third kappa shape index (κ3) is 3.80. The molecule has 1 aliphatic carbocycles. The third-order valence-corrected chi connectivity index (χ3v) is 2.89. The molecule has 1 amide bonds. The van der Waals surface area contributed by atoms with Crippen LogP contribution in [-0.4, -0.2) is 36.6 Å². The van der Waals surface area contributed by atoms with Crippen LogP contribution in [0.1, 0.15) is 32.6 Å². The van der Waals surface area contributed by atoms with Gasteiger partial charge in [-0.1, -0.05) is 0 Å². The zero-order chi connectivity index (χ0) is 13.4. The van der Waals surface area contributed by atoms with Crippen molar-refractivity contribution in [1.29, 1.82) is 0 Å². The molecule has 98 valence electrons. The minimum Gasteiger partial charge on any atom is -0.450 e. The highest BCUT2D eigenvalue weighted by molar-refractivity contribution is 5.68. The molecular formula is C11H15N3O4. The normalized spacial score (nSPS) is 26.4. The molecule has 18 heavy (non-hydrogen) atoms. The number of carbonyl (C=O) groups is 1. The average molecular weight is 253 g/mol. The number of nitrogens with zero attached hydrogens (tertiary/aromatic N) is 2. The van der Waals surface area contributed by atoms with Crippen LogP contribution in [0.5, 0.6) is 0 Å². The van der Waals surface area contributed by atoms with Gasteiger partial charge in [0.25, 0.3) is 0 Å². The van der Waals surface area contributed by atoms with Crippen LogP contribution >= 0.6 is 0 Å². The first kappa shape index (κ1) is 14.1. The van der Waals surface area contributed by atoms with Crippen molar-refractivity contribution in [3.8, 4) is 0 Å². The third-order valence-electron chi connectivity index (χ3n) is 2.89. The van der Waals surface area contributed by atoms with Crippen molar-refractivity contribution in [2.24, 2.45) is 9.98 Å². The van der Waals surface area contributed by atoms with Gasteiger partial charge in [-0.25, -0.2) is 19.4 Å². The molecule has 0 unspecified atom stereocenters. The molecule has 1 saturated carbocycles. The van der Waals surface area contributed by atoms with Gasteiger partial charge in [-0.2, -0.15) is 4.99 Å². The summed E-state index contributed by atoms with van der Waals surface area (Å²) in [5, 5.41) is 2.57. The topological polar surface area (TPSA) is 97.2 Å². The molecule has 0 saturated heterocycles. The molecule has 1 fully saturated rings. The monoisotopic (exact) mass is 253 g/mol. The summed E-state index contributed by atoms with van der Waals surface area (Å²) in [6, 6.07) is -0.124. The summed E-state index contributed by atoms with van der Waals surface area (Å²) in [6.45, 7) is 1.93. The van der Waals surface area contributed by atoms with E-state index in [-0.39, 0.29) is 12.6 Å². The van der Waals surface area contributed by atoms with Gasteiger partial charge >= 0.3 is 6.09 Å². The van der Waals surface area contributed by atoms with E-state index >= 15 is 0 Å². The molecule has 0 aliphatic heterocycles. The number of ether oxygens (including phenoxy) is 1. The maximum Gasteiger partial charge on any atom is 0.409 e. The van der Waals surface area contributed by atoms with Crippen molar-refractivity contribution >= 4 is 18.3 Å². The lowest BCUT2D eigenvalue weighted by Gasteiger charge is -2.34. The number of hydrogen-bond donors (Lipinski definition) is 1. The highest BCUT2D eigenvalue weighted by Crippen LogP contribution is 2.30. The Labute approximate surface area is 104 Å². The largest absolute Gasteiger partial charge is 0.450 e. The Morgan fingerprint density at radius 1 is 1.39 bits per heavy atom. The fourth-order valence-corrected chi connectivity index (χ4v) is 1.99. The summed E-state index contributed by atoms with van der Waals surface area (Å²) < 4.78 is 4.76. The Balaban J connectivity index is 2.69. The van der Waals surface area contributed by atoms with E-state index in [4.69, 9.17) is 4.74 Å². The van der Waals surface area contributed by atoms with E-state index in [0.29, 0.717) is 25.7 Å². The number of aliphatic imine (C=N–C) groups is 2. The lowest BCUT2D eigenvalue weighted by molar-refractivity contribution is 0.128. The predicted octanol–water partition coefficient (Wildman–Crippen LogP) is 1.04. The lowest BCUT2D eigenvalue weighted by atomic mass is 9.86. The number of alkyl carbamates (subject to hydrolysis) is 1. The van der Waals surface area contributed by atoms with E-state index in [1.807, 2.05) is 0 Å². The highest BCUT2D eigenvalue weighted by atomic mass is 16.5. The summed E-state index contributed by atoms with van der Waals surface area (Å²) >= 11 is 0. The van der Waals surface area contributed by atoms with Gasteiger partial charge in [0.1, 0.15) is 5.66 Å². The zero-order valence-corrected chi connectivity index (χ0v) is 10.1. The maximum atomic E-state index is 11.4. The second kappa shape index (κ2) is 6.69. The van der Waals surface area contributed by atoms with E-state index in [2.05, 4.69) is 15.3 Å². The van der Waals surface area contributed by atoms with Gasteiger partial charge in [0.15, 0.2) is 0 Å². The zero-order valence-electron chi connectivity index (χ0n) is 10.1. The summed E-state index contributed by atoms with van der Waals surface area (Å²) in [5.74, 6) is 0. The van der Waals surface area contributed by atoms with E-state index in [1.165, 1.54) is 12.2 Å². The molecule has 0 aromatic heterocycles. The molecule has 7 nitrogen and oxygen atoms in total. The molecule has 1 rings (SSSR count). The molecule has 0 heterocycles. The van der Waals surface area contributed by atoms with Crippen molar-refractivity contribution in [3.05, 3.63) is 0 Å². The first-order valence-electron chi connectivity index (χ1n) is 5.76. The number of amides is 1. The number of isocyanates is 2. The van der Waals surface area contributed by atoms with Gasteiger partial charge in [0.2, 0.25) is 12.2 Å². The van der Waals surface area contributed by atoms with Crippen LogP contribution in [0.15, 0.2) is 9.98 Å². The molecule has 7 heteroatoms. The lowest BCUT2D eigenvalue weighted by Crippen LogP contribution is -2.50. The van der Waals surface area contributed by atoms with Crippen molar-refractivity contribution < 1.29 is 19.1 Å². The molecule has 0 atom stereocenters. The van der Waals surface area contributed by atoms with Gasteiger partial charge in [-0.15, -0.1) is 0 Å². The van der Waals surface area contributed by atoms with Gasteiger partial charge < -0.3 is 4.74 Å². The van der Waals surface area contributed by atoms with E-state index in [0.717, 1.165) is 0 Å². The summed E-state index contributed by atoms with van der Waals surface area (Å²) in [7, 11) is 0. The Hall–Kier alpha value is -1.97. The Morgan fingerprint density at radius 2 is 2.06 bits per heavy atom. The maximum absolute atomic E-state index is 11.4. The van der Waals surface area contributed by atoms with Crippen molar-refractivity contribution in [3.63, 3.8) is 0 Å². The summed E-state index contributed by atoms with van der Waals surface area (Å²) in [4.78, 5) is 39.3. The quantitative estimate of drug-likeness (QED) is 0.598. The van der Waals surface area contributed by atoms with Crippen LogP contribution in [0.2, 0.25) is 0 Å². The summed E-state index contributed by atoms with van der Waals surface area (Å²) in [6.07, 6.45) is 4.29. The second-order valence-corrected chi connectivity index (χ2v) is 4.03. The fourth-order valence-electron chi connectivity index (χ4n) is 1.99. The molecule has 1 N–H and O–H groups in total. The smallest absolute Gasteiger partial charge is 0.409 e. The van der Waals surface area contributed by atoms with Gasteiger partial charge in [-0.3, -0.25) is 5.32 Å². The van der Waals surface area contributed by atoms with Crippen LogP contribution < -0.4 is 5.32 Å². The van der Waals surface area contributed by atoms with Crippen LogP contribution in [0.4, 0.5) is 4.79 Å². The van der Waals surface area contributed by atoms with Gasteiger partial charge in [0, 0.05) is 0 Å². The average Bonchev–Trinajstić information content (AvgIpc) is 2.33. The van der Waals surface area contributed by atoms with Crippen LogP contribution in [0, 0.1) is 0 Å². The van der Waals surface area contributed by atoms with Crippen LogP contribution in [-0.2, 0) is 14.3 Å². The molecule has 1 aliphatic rings. The number of rotatable bonds is 4. The van der Waals surface area contributed by atoms with E-state index < -0.39 is 11.8 Å². The number of nitrogens with one attached hydrogen (secondary N) is 1. The molecular weight excluding hydrogens is 238 g/mol. The van der Waals surface area contributed by atoms with E-state index in [1.54, 1.807) is 6.92 Å². The fraction of sp³-hybridized carbons (Fsp3) is 0.727. The van der Waals surface area contributed by atoms with Crippen LogP contribution in [0.3, 0.4) is 0 Å². The molecule has 0 spiro atoms.